The highest BCUT2D eigenvalue weighted by molar-refractivity contribution is 6.13. The number of halogens is 1. The van der Waals surface area contributed by atoms with Crippen molar-refractivity contribution >= 4 is 46.3 Å². The summed E-state index contributed by atoms with van der Waals surface area (Å²) in [6.45, 7) is 6.07. The van der Waals surface area contributed by atoms with E-state index in [1.54, 1.807) is 18.2 Å². The van der Waals surface area contributed by atoms with E-state index in [2.05, 4.69) is 21.3 Å². The van der Waals surface area contributed by atoms with E-state index in [-0.39, 0.29) is 73.5 Å². The Morgan fingerprint density at radius 3 is 2.04 bits per heavy atom. The van der Waals surface area contributed by atoms with Crippen LogP contribution in [0.25, 0.3) is 33.4 Å². The van der Waals surface area contributed by atoms with Gasteiger partial charge in [0, 0.05) is 46.4 Å². The van der Waals surface area contributed by atoms with Gasteiger partial charge in [0.25, 0.3) is 11.8 Å². The Kier molecular flexibility index (Phi) is 10.8. The van der Waals surface area contributed by atoms with Gasteiger partial charge < -0.3 is 34.0 Å². The number of amides is 4. The van der Waals surface area contributed by atoms with Crippen LogP contribution in [0.15, 0.2) is 59.0 Å². The van der Waals surface area contributed by atoms with Crippen molar-refractivity contribution in [3.8, 4) is 22.5 Å². The number of benzene rings is 3. The van der Waals surface area contributed by atoms with Crippen LogP contribution in [0.3, 0.4) is 0 Å². The molecule has 2 heterocycles. The van der Waals surface area contributed by atoms with Gasteiger partial charge in [-0.15, -0.1) is 0 Å². The molecule has 0 radical (unpaired) electrons. The summed E-state index contributed by atoms with van der Waals surface area (Å²) in [5, 5.41) is 11.3. The summed E-state index contributed by atoms with van der Waals surface area (Å²) in [7, 11) is 1.47. The molecular formula is C35H37FN4O9. The topological polar surface area (TPSA) is 166 Å². The SMILES string of the molecule is CNC(=O)c1c(-c2ccc(F)cc2)oc2cc3c(cc12)-c1cc(cc(C(=O)NC(C)(C)C)c1)NC(=O)OCCOCCOCCOC(=O)N3. The molecule has 13 nitrogen and oxygen atoms in total. The predicted octanol–water partition coefficient (Wildman–Crippen LogP) is 5.94. The zero-order valence-electron chi connectivity index (χ0n) is 27.5. The van der Waals surface area contributed by atoms with Crippen LogP contribution in [-0.4, -0.2) is 76.2 Å². The summed E-state index contributed by atoms with van der Waals surface area (Å²) in [5.74, 6) is -1.20. The van der Waals surface area contributed by atoms with Crippen LogP contribution in [-0.2, 0) is 18.9 Å². The minimum Gasteiger partial charge on any atom is -0.455 e. The van der Waals surface area contributed by atoms with Crippen molar-refractivity contribution in [3.05, 3.63) is 71.5 Å². The minimum atomic E-state index is -0.807. The molecule has 4 amide bonds. The second-order valence-corrected chi connectivity index (χ2v) is 12.0. The van der Waals surface area contributed by atoms with Gasteiger partial charge >= 0.3 is 12.2 Å². The lowest BCUT2D eigenvalue weighted by Crippen LogP contribution is -2.40. The summed E-state index contributed by atoms with van der Waals surface area (Å²) in [6, 6.07) is 13.3. The van der Waals surface area contributed by atoms with Crippen LogP contribution in [0, 0.1) is 5.82 Å². The molecule has 1 aliphatic heterocycles. The minimum absolute atomic E-state index is 0.0373. The van der Waals surface area contributed by atoms with Gasteiger partial charge in [-0.1, -0.05) is 0 Å². The standard InChI is InChI=1S/C35H37FN4O9/c1-35(2,3)40-31(41)22-15-21-16-24(17-22)38-33(43)47-13-11-45-9-10-46-12-14-48-34(44)39-27-19-28-26(18-25(21)27)29(32(42)37-4)30(49-28)20-5-7-23(36)8-6-20/h5-8,15-19H,9-14H2,1-4H3,(H,37,42)(H,38,43)(H,39,44)(H,40,41). The number of rotatable bonds is 3. The lowest BCUT2D eigenvalue weighted by molar-refractivity contribution is 0.0179. The first-order chi connectivity index (χ1) is 23.4. The Bertz CT molecular complexity index is 1870. The van der Waals surface area contributed by atoms with Crippen molar-refractivity contribution < 1.29 is 46.9 Å². The fourth-order valence-corrected chi connectivity index (χ4v) is 5.05. The van der Waals surface area contributed by atoms with E-state index in [0.717, 1.165) is 0 Å². The Balaban J connectivity index is 1.71. The number of carbonyl (C=O) groups is 4. The molecule has 4 aromatic rings. The van der Waals surface area contributed by atoms with Gasteiger partial charge in [-0.3, -0.25) is 20.2 Å². The number of carbonyl (C=O) groups excluding carboxylic acids is 4. The normalized spacial score (nSPS) is 14.9. The molecule has 0 aliphatic carbocycles. The Hall–Kier alpha value is -5.47. The largest absolute Gasteiger partial charge is 0.455 e. The lowest BCUT2D eigenvalue weighted by atomic mass is 9.96. The van der Waals surface area contributed by atoms with E-state index in [4.69, 9.17) is 23.4 Å². The van der Waals surface area contributed by atoms with Gasteiger partial charge in [-0.25, -0.2) is 14.0 Å². The number of anilines is 2. The summed E-state index contributed by atoms with van der Waals surface area (Å²) < 4.78 is 41.4. The first-order valence-electron chi connectivity index (χ1n) is 15.5. The van der Waals surface area contributed by atoms with Crippen molar-refractivity contribution in [3.63, 3.8) is 0 Å². The number of fused-ring (bicyclic) bond motifs is 5. The number of nitrogens with one attached hydrogen (secondary N) is 4. The zero-order chi connectivity index (χ0) is 35.1. The lowest BCUT2D eigenvalue weighted by Gasteiger charge is -2.21. The Morgan fingerprint density at radius 2 is 1.41 bits per heavy atom. The third-order valence-corrected chi connectivity index (χ3v) is 7.16. The predicted molar refractivity (Wildman–Crippen MR) is 179 cm³/mol. The monoisotopic (exact) mass is 676 g/mol. The van der Waals surface area contributed by atoms with Crippen LogP contribution in [0.2, 0.25) is 0 Å². The average molecular weight is 677 g/mol. The molecule has 5 rings (SSSR count). The van der Waals surface area contributed by atoms with Crippen molar-refractivity contribution in [1.29, 1.82) is 0 Å². The van der Waals surface area contributed by atoms with Gasteiger partial charge in [-0.2, -0.15) is 0 Å². The second kappa shape index (κ2) is 15.2. The van der Waals surface area contributed by atoms with Gasteiger partial charge in [0.15, 0.2) is 0 Å². The highest BCUT2D eigenvalue weighted by Gasteiger charge is 2.25. The van der Waals surface area contributed by atoms with Crippen molar-refractivity contribution in [1.82, 2.24) is 10.6 Å². The van der Waals surface area contributed by atoms with Crippen LogP contribution >= 0.6 is 0 Å². The average Bonchev–Trinajstić information content (AvgIpc) is 3.42. The van der Waals surface area contributed by atoms with E-state index in [1.807, 2.05) is 20.8 Å². The highest BCUT2D eigenvalue weighted by Crippen LogP contribution is 2.40. The van der Waals surface area contributed by atoms with Crippen molar-refractivity contribution in [2.45, 2.75) is 26.3 Å². The molecule has 0 saturated heterocycles. The van der Waals surface area contributed by atoms with E-state index in [9.17, 15) is 23.6 Å². The quantitative estimate of drug-likeness (QED) is 0.206. The summed E-state index contributed by atoms with van der Waals surface area (Å²) in [6.07, 6.45) is -1.59. The van der Waals surface area contributed by atoms with Gasteiger partial charge in [0.2, 0.25) is 0 Å². The molecule has 1 aliphatic rings. The molecule has 2 bridgehead atoms. The van der Waals surface area contributed by atoms with Crippen LogP contribution in [0.1, 0.15) is 41.5 Å². The summed E-state index contributed by atoms with van der Waals surface area (Å²) >= 11 is 0. The Labute approximate surface area is 281 Å². The molecule has 1 aromatic heterocycles. The molecule has 0 spiro atoms. The molecule has 0 atom stereocenters. The van der Waals surface area contributed by atoms with Crippen molar-refractivity contribution in [2.24, 2.45) is 0 Å². The highest BCUT2D eigenvalue weighted by atomic mass is 19.1. The molecule has 4 N–H and O–H groups in total. The molecule has 49 heavy (non-hydrogen) atoms. The zero-order valence-corrected chi connectivity index (χ0v) is 27.5. The maximum Gasteiger partial charge on any atom is 0.411 e. The number of ether oxygens (including phenoxy) is 4. The van der Waals surface area contributed by atoms with E-state index in [0.29, 0.717) is 22.1 Å². The summed E-state index contributed by atoms with van der Waals surface area (Å²) in [5.41, 5.74) is 1.58. The van der Waals surface area contributed by atoms with Crippen LogP contribution < -0.4 is 21.3 Å². The number of furan rings is 1. The maximum atomic E-state index is 13.8. The fraction of sp³-hybridized carbons (Fsp3) is 0.314. The Morgan fingerprint density at radius 1 is 0.776 bits per heavy atom. The maximum absolute atomic E-state index is 13.8. The van der Waals surface area contributed by atoms with E-state index < -0.39 is 35.4 Å². The molecule has 3 aromatic carbocycles. The van der Waals surface area contributed by atoms with Gasteiger partial charge in [-0.05, 0) is 74.9 Å². The number of hydrogen-bond acceptors (Lipinski definition) is 9. The second-order valence-electron chi connectivity index (χ2n) is 12.0. The van der Waals surface area contributed by atoms with Crippen molar-refractivity contribution in [2.75, 3.05) is 57.3 Å². The third kappa shape index (κ3) is 8.91. The fourth-order valence-electron chi connectivity index (χ4n) is 5.05. The van der Waals surface area contributed by atoms with E-state index in [1.165, 1.54) is 43.4 Å². The summed E-state index contributed by atoms with van der Waals surface area (Å²) in [4.78, 5) is 52.5. The first kappa shape index (κ1) is 34.9. The van der Waals surface area contributed by atoms with Gasteiger partial charge in [0.1, 0.15) is 30.4 Å². The molecule has 258 valence electrons. The van der Waals surface area contributed by atoms with Crippen LogP contribution in [0.5, 0.6) is 0 Å². The molecule has 14 heteroatoms. The van der Waals surface area contributed by atoms with E-state index >= 15 is 0 Å². The third-order valence-electron chi connectivity index (χ3n) is 7.16. The number of cyclic esters (lactones) is 2. The van der Waals surface area contributed by atoms with Gasteiger partial charge in [0.05, 0.1) is 37.7 Å². The molecule has 0 saturated carbocycles. The molecule has 0 fully saturated rings. The smallest absolute Gasteiger partial charge is 0.411 e. The molecule has 0 unspecified atom stereocenters. The first-order valence-corrected chi connectivity index (χ1v) is 15.5. The van der Waals surface area contributed by atoms with Crippen LogP contribution in [0.4, 0.5) is 25.4 Å². The number of hydrogen-bond donors (Lipinski definition) is 4. The molecular weight excluding hydrogens is 639 g/mol.